The molecule has 0 fully saturated rings. The Hall–Kier alpha value is -2.88. The highest BCUT2D eigenvalue weighted by atomic mass is 19.1. The summed E-state index contributed by atoms with van der Waals surface area (Å²) >= 11 is 0. The van der Waals surface area contributed by atoms with Crippen LogP contribution in [0.5, 0.6) is 0 Å². The Morgan fingerprint density at radius 2 is 1.95 bits per heavy atom. The fourth-order valence-electron chi connectivity index (χ4n) is 1.47. The monoisotopic (exact) mass is 282 g/mol. The van der Waals surface area contributed by atoms with Crippen LogP contribution in [0.15, 0.2) is 24.5 Å². The lowest BCUT2D eigenvalue weighted by molar-refractivity contribution is -0.383. The zero-order chi connectivity index (χ0) is 14.7. The molecule has 0 saturated heterocycles. The van der Waals surface area contributed by atoms with E-state index in [-0.39, 0.29) is 17.3 Å². The van der Waals surface area contributed by atoms with Crippen molar-refractivity contribution in [1.82, 2.24) is 9.97 Å². The van der Waals surface area contributed by atoms with Gasteiger partial charge in [-0.25, -0.2) is 24.6 Å². The first-order valence-corrected chi connectivity index (χ1v) is 5.21. The van der Waals surface area contributed by atoms with Gasteiger partial charge in [0.15, 0.2) is 0 Å². The Morgan fingerprint density at radius 3 is 2.60 bits per heavy atom. The van der Waals surface area contributed by atoms with Gasteiger partial charge in [0.2, 0.25) is 11.6 Å². The second kappa shape index (κ2) is 5.40. The molecule has 4 N–H and O–H groups in total. The Morgan fingerprint density at radius 1 is 1.25 bits per heavy atom. The van der Waals surface area contributed by atoms with Crippen molar-refractivity contribution in [3.05, 3.63) is 46.3 Å². The first-order chi connectivity index (χ1) is 9.52. The average molecular weight is 282 g/mol. The molecule has 0 aliphatic heterocycles. The Labute approximate surface area is 110 Å². The molecule has 0 unspecified atom stereocenters. The van der Waals surface area contributed by atoms with Crippen LogP contribution in [0.1, 0.15) is 0 Å². The second-order valence-corrected chi connectivity index (χ2v) is 3.57. The van der Waals surface area contributed by atoms with Crippen molar-refractivity contribution in [3.8, 4) is 0 Å². The maximum atomic E-state index is 13.5. The number of nitro groups is 1. The number of halogens is 2. The molecule has 0 saturated carbocycles. The lowest BCUT2D eigenvalue weighted by Gasteiger charge is -2.08. The molecule has 2 aromatic rings. The van der Waals surface area contributed by atoms with Gasteiger partial charge < -0.3 is 10.7 Å². The first-order valence-electron chi connectivity index (χ1n) is 5.21. The van der Waals surface area contributed by atoms with E-state index in [9.17, 15) is 18.9 Å². The van der Waals surface area contributed by atoms with Gasteiger partial charge in [-0.3, -0.25) is 10.1 Å². The summed E-state index contributed by atoms with van der Waals surface area (Å²) < 4.78 is 26.5. The number of nitrogens with two attached hydrogens (primary N) is 1. The van der Waals surface area contributed by atoms with Crippen molar-refractivity contribution in [1.29, 1.82) is 0 Å². The lowest BCUT2D eigenvalue weighted by atomic mass is 10.3. The number of rotatable bonds is 4. The molecule has 1 aromatic carbocycles. The third kappa shape index (κ3) is 2.59. The minimum Gasteiger partial charge on any atom is -0.332 e. The molecule has 1 aromatic heterocycles. The van der Waals surface area contributed by atoms with Crippen molar-refractivity contribution >= 4 is 23.0 Å². The standard InChI is InChI=1S/C10H8F2N6O2/c11-5-1-2-6(12)7(3-5)16-9-8(18(19)20)10(17-13)15-4-14-9/h1-4H,13H2,(H2,14,15,16,17). The molecule has 0 spiro atoms. The van der Waals surface area contributed by atoms with Crippen LogP contribution in [-0.2, 0) is 0 Å². The smallest absolute Gasteiger partial charge is 0.332 e. The topological polar surface area (TPSA) is 119 Å². The van der Waals surface area contributed by atoms with Crippen molar-refractivity contribution in [2.24, 2.45) is 5.84 Å². The number of hydrogen-bond acceptors (Lipinski definition) is 7. The SMILES string of the molecule is NNc1ncnc(Nc2cc(F)ccc2F)c1[N+](=O)[O-]. The van der Waals surface area contributed by atoms with Crippen LogP contribution in [0.4, 0.5) is 31.8 Å². The van der Waals surface area contributed by atoms with E-state index in [0.717, 1.165) is 24.5 Å². The minimum absolute atomic E-state index is 0.260. The van der Waals surface area contributed by atoms with Crippen molar-refractivity contribution in [2.45, 2.75) is 0 Å². The Bertz CT molecular complexity index is 666. The van der Waals surface area contributed by atoms with Crippen LogP contribution in [-0.4, -0.2) is 14.9 Å². The molecule has 1 heterocycles. The van der Waals surface area contributed by atoms with Gasteiger partial charge in [-0.1, -0.05) is 0 Å². The molecule has 2 rings (SSSR count). The summed E-state index contributed by atoms with van der Waals surface area (Å²) in [6, 6.07) is 2.64. The van der Waals surface area contributed by atoms with Crippen molar-refractivity contribution < 1.29 is 13.7 Å². The van der Waals surface area contributed by atoms with E-state index in [2.05, 4.69) is 15.3 Å². The van der Waals surface area contributed by atoms with E-state index < -0.39 is 22.2 Å². The molecule has 20 heavy (non-hydrogen) atoms. The predicted molar refractivity (Wildman–Crippen MR) is 66.1 cm³/mol. The summed E-state index contributed by atoms with van der Waals surface area (Å²) in [5, 5.41) is 13.3. The van der Waals surface area contributed by atoms with Crippen molar-refractivity contribution in [2.75, 3.05) is 10.7 Å². The van der Waals surface area contributed by atoms with Crippen LogP contribution >= 0.6 is 0 Å². The first kappa shape index (κ1) is 13.5. The number of hydrazine groups is 1. The quantitative estimate of drug-likeness (QED) is 0.443. The lowest BCUT2D eigenvalue weighted by Crippen LogP contribution is -2.13. The van der Waals surface area contributed by atoms with Gasteiger partial charge in [-0.2, -0.15) is 0 Å². The van der Waals surface area contributed by atoms with Gasteiger partial charge in [-0.15, -0.1) is 0 Å². The molecule has 10 heteroatoms. The molecule has 0 bridgehead atoms. The molecule has 8 nitrogen and oxygen atoms in total. The number of nitrogens with zero attached hydrogens (tertiary/aromatic N) is 3. The highest BCUT2D eigenvalue weighted by Crippen LogP contribution is 2.31. The maximum Gasteiger partial charge on any atom is 0.354 e. The van der Waals surface area contributed by atoms with Gasteiger partial charge in [-0.05, 0) is 12.1 Å². The van der Waals surface area contributed by atoms with E-state index >= 15 is 0 Å². The van der Waals surface area contributed by atoms with E-state index in [1.807, 2.05) is 5.43 Å². The number of aromatic nitrogens is 2. The van der Waals surface area contributed by atoms with Crippen LogP contribution in [0.25, 0.3) is 0 Å². The van der Waals surface area contributed by atoms with E-state index in [1.165, 1.54) is 0 Å². The van der Waals surface area contributed by atoms with Crippen LogP contribution in [0.2, 0.25) is 0 Å². The highest BCUT2D eigenvalue weighted by Gasteiger charge is 2.23. The second-order valence-electron chi connectivity index (χ2n) is 3.57. The predicted octanol–water partition coefficient (Wildman–Crippen LogP) is 1.69. The molecule has 0 radical (unpaired) electrons. The summed E-state index contributed by atoms with van der Waals surface area (Å²) in [6.07, 6.45) is 0.988. The largest absolute Gasteiger partial charge is 0.354 e. The van der Waals surface area contributed by atoms with Gasteiger partial charge in [0.05, 0.1) is 10.6 Å². The van der Waals surface area contributed by atoms with Crippen LogP contribution < -0.4 is 16.6 Å². The summed E-state index contributed by atoms with van der Waals surface area (Å²) in [5.41, 5.74) is 1.15. The van der Waals surface area contributed by atoms with Gasteiger partial charge >= 0.3 is 5.69 Å². The fraction of sp³-hybridized carbons (Fsp3) is 0. The van der Waals surface area contributed by atoms with Gasteiger partial charge in [0, 0.05) is 6.07 Å². The Balaban J connectivity index is 2.48. The molecule has 104 valence electrons. The minimum atomic E-state index is -0.797. The third-order valence-electron chi connectivity index (χ3n) is 2.32. The van der Waals surface area contributed by atoms with Crippen LogP contribution in [0.3, 0.4) is 0 Å². The van der Waals surface area contributed by atoms with Crippen LogP contribution in [0, 0.1) is 21.7 Å². The van der Waals surface area contributed by atoms with E-state index in [1.54, 1.807) is 0 Å². The summed E-state index contributed by atoms with van der Waals surface area (Å²) in [4.78, 5) is 17.4. The van der Waals surface area contributed by atoms with Crippen molar-refractivity contribution in [3.63, 3.8) is 0 Å². The van der Waals surface area contributed by atoms with E-state index in [4.69, 9.17) is 5.84 Å². The zero-order valence-corrected chi connectivity index (χ0v) is 9.80. The maximum absolute atomic E-state index is 13.5. The fourth-order valence-corrected chi connectivity index (χ4v) is 1.47. The van der Waals surface area contributed by atoms with Gasteiger partial charge in [0.25, 0.3) is 0 Å². The van der Waals surface area contributed by atoms with E-state index in [0.29, 0.717) is 0 Å². The number of anilines is 3. The number of benzene rings is 1. The number of nitrogens with one attached hydrogen (secondary N) is 2. The third-order valence-corrected chi connectivity index (χ3v) is 2.32. The Kier molecular flexibility index (Phi) is 3.66. The average Bonchev–Trinajstić information content (AvgIpc) is 2.42. The summed E-state index contributed by atoms with van der Waals surface area (Å²) in [6.45, 7) is 0. The number of hydrogen-bond donors (Lipinski definition) is 3. The molecular weight excluding hydrogens is 274 g/mol. The summed E-state index contributed by atoms with van der Waals surface area (Å²) in [7, 11) is 0. The molecule has 0 aliphatic carbocycles. The van der Waals surface area contributed by atoms with Gasteiger partial charge in [0.1, 0.15) is 18.0 Å². The normalized spacial score (nSPS) is 10.2. The summed E-state index contributed by atoms with van der Waals surface area (Å²) in [5.74, 6) is 3.03. The highest BCUT2D eigenvalue weighted by molar-refractivity contribution is 5.73. The molecule has 0 aliphatic rings. The molecular formula is C10H8F2N6O2. The zero-order valence-electron chi connectivity index (χ0n) is 9.80. The molecule has 0 atom stereocenters. The molecule has 0 amide bonds. The number of nitrogen functional groups attached to an aromatic ring is 1.